The maximum absolute atomic E-state index is 10.8. The molecule has 0 atom stereocenters. The Bertz CT molecular complexity index is 975. The van der Waals surface area contributed by atoms with E-state index in [-0.39, 0.29) is 5.75 Å². The maximum Gasteiger partial charge on any atom is 0.146 e. The second kappa shape index (κ2) is 8.21. The zero-order valence-corrected chi connectivity index (χ0v) is 16.5. The number of nitrogens with zero attached hydrogens (tertiary/aromatic N) is 3. The van der Waals surface area contributed by atoms with Gasteiger partial charge in [0.2, 0.25) is 0 Å². The van der Waals surface area contributed by atoms with E-state index in [4.69, 9.17) is 0 Å². The molecule has 2 aromatic carbocycles. The Morgan fingerprint density at radius 1 is 1.04 bits per heavy atom. The highest BCUT2D eigenvalue weighted by atomic mass is 16.3. The molecule has 0 fully saturated rings. The minimum Gasteiger partial charge on any atom is -0.505 e. The number of aryl methyl sites for hydroxylation is 2. The molecule has 4 nitrogen and oxygen atoms in total. The van der Waals surface area contributed by atoms with Crippen molar-refractivity contribution in [2.24, 2.45) is 0 Å². The Balaban J connectivity index is 1.84. The highest BCUT2D eigenvalue weighted by Gasteiger charge is 2.13. The minimum absolute atomic E-state index is 0.262. The number of hydrogen-bond acceptors (Lipinski definition) is 3. The first-order chi connectivity index (χ1) is 12.9. The summed E-state index contributed by atoms with van der Waals surface area (Å²) in [5.41, 5.74) is 6.95. The van der Waals surface area contributed by atoms with Gasteiger partial charge in [-0.25, -0.2) is 0 Å². The van der Waals surface area contributed by atoms with Crippen molar-refractivity contribution in [3.63, 3.8) is 0 Å². The molecule has 1 aromatic heterocycles. The van der Waals surface area contributed by atoms with Crippen LogP contribution in [0, 0.1) is 6.92 Å². The van der Waals surface area contributed by atoms with Crippen LogP contribution in [0.2, 0.25) is 0 Å². The molecule has 0 unspecified atom stereocenters. The van der Waals surface area contributed by atoms with Crippen LogP contribution >= 0.6 is 0 Å². The second-order valence-electron chi connectivity index (χ2n) is 7.34. The molecule has 0 aliphatic heterocycles. The van der Waals surface area contributed by atoms with E-state index in [9.17, 15) is 5.11 Å². The van der Waals surface area contributed by atoms with Gasteiger partial charge in [-0.1, -0.05) is 41.5 Å². The molecular formula is C23H27N3O. The van der Waals surface area contributed by atoms with Gasteiger partial charge in [0.25, 0.3) is 0 Å². The summed E-state index contributed by atoms with van der Waals surface area (Å²) in [6, 6.07) is 11.7. The van der Waals surface area contributed by atoms with Gasteiger partial charge < -0.3 is 5.11 Å². The first-order valence-corrected chi connectivity index (χ1v) is 9.38. The van der Waals surface area contributed by atoms with Gasteiger partial charge in [-0.3, -0.25) is 0 Å². The van der Waals surface area contributed by atoms with Crippen molar-refractivity contribution in [3.8, 4) is 11.4 Å². The Morgan fingerprint density at radius 2 is 1.70 bits per heavy atom. The van der Waals surface area contributed by atoms with Crippen LogP contribution in [0.3, 0.4) is 0 Å². The van der Waals surface area contributed by atoms with Crippen LogP contribution in [0.5, 0.6) is 5.75 Å². The third-order valence-corrected chi connectivity index (χ3v) is 4.60. The fraction of sp³-hybridized carbons (Fsp3) is 0.304. The molecule has 0 aliphatic carbocycles. The van der Waals surface area contributed by atoms with E-state index in [1.807, 2.05) is 43.3 Å². The molecule has 0 saturated carbocycles. The summed E-state index contributed by atoms with van der Waals surface area (Å²) in [5.74, 6) is 0.262. The van der Waals surface area contributed by atoms with E-state index < -0.39 is 0 Å². The number of allylic oxidation sites excluding steroid dienone is 4. The summed E-state index contributed by atoms with van der Waals surface area (Å²) >= 11 is 0. The lowest BCUT2D eigenvalue weighted by Crippen LogP contribution is -2.02. The van der Waals surface area contributed by atoms with Gasteiger partial charge in [-0.2, -0.15) is 0 Å². The molecule has 0 spiro atoms. The fourth-order valence-electron chi connectivity index (χ4n) is 3.07. The first kappa shape index (κ1) is 18.9. The van der Waals surface area contributed by atoms with Gasteiger partial charge >= 0.3 is 0 Å². The normalized spacial score (nSPS) is 11.8. The van der Waals surface area contributed by atoms with Gasteiger partial charge in [-0.05, 0) is 76.3 Å². The molecule has 0 amide bonds. The lowest BCUT2D eigenvalue weighted by molar-refractivity contribution is 0.460. The molecule has 1 N–H and O–H groups in total. The van der Waals surface area contributed by atoms with Gasteiger partial charge in [0.05, 0.1) is 0 Å². The number of phenolic OH excluding ortho intramolecular Hbond substituents is 1. The van der Waals surface area contributed by atoms with E-state index in [1.54, 1.807) is 0 Å². The number of aromatic nitrogens is 3. The summed E-state index contributed by atoms with van der Waals surface area (Å²) in [5, 5.41) is 19.8. The van der Waals surface area contributed by atoms with Crippen molar-refractivity contribution in [1.29, 1.82) is 0 Å². The third-order valence-electron chi connectivity index (χ3n) is 4.60. The quantitative estimate of drug-likeness (QED) is 0.576. The Labute approximate surface area is 160 Å². The molecule has 0 aliphatic rings. The maximum atomic E-state index is 10.8. The molecule has 27 heavy (non-hydrogen) atoms. The highest BCUT2D eigenvalue weighted by molar-refractivity contribution is 5.73. The third kappa shape index (κ3) is 4.64. The lowest BCUT2D eigenvalue weighted by Gasteiger charge is -2.11. The smallest absolute Gasteiger partial charge is 0.146 e. The van der Waals surface area contributed by atoms with Crippen LogP contribution in [-0.2, 0) is 6.42 Å². The van der Waals surface area contributed by atoms with Crippen molar-refractivity contribution in [2.45, 2.75) is 47.0 Å². The molecule has 3 rings (SSSR count). The largest absolute Gasteiger partial charge is 0.505 e. The summed E-state index contributed by atoms with van der Waals surface area (Å²) in [7, 11) is 0. The van der Waals surface area contributed by atoms with Crippen LogP contribution in [0.4, 0.5) is 0 Å². The number of benzene rings is 2. The van der Waals surface area contributed by atoms with Crippen molar-refractivity contribution in [2.75, 3.05) is 0 Å². The van der Waals surface area contributed by atoms with E-state index in [0.29, 0.717) is 5.69 Å². The van der Waals surface area contributed by atoms with Crippen molar-refractivity contribution >= 4 is 11.0 Å². The van der Waals surface area contributed by atoms with Gasteiger partial charge in [-0.15, -0.1) is 15.0 Å². The van der Waals surface area contributed by atoms with Crippen molar-refractivity contribution < 1.29 is 5.11 Å². The van der Waals surface area contributed by atoms with Gasteiger partial charge in [0, 0.05) is 0 Å². The Hall–Kier alpha value is -2.88. The van der Waals surface area contributed by atoms with Crippen LogP contribution in [-0.4, -0.2) is 20.1 Å². The average Bonchev–Trinajstić information content (AvgIpc) is 3.05. The van der Waals surface area contributed by atoms with Crippen molar-refractivity contribution in [3.05, 3.63) is 70.8 Å². The molecule has 4 heteroatoms. The summed E-state index contributed by atoms with van der Waals surface area (Å²) < 4.78 is 0. The predicted molar refractivity (Wildman–Crippen MR) is 111 cm³/mol. The number of hydrogen-bond donors (Lipinski definition) is 1. The van der Waals surface area contributed by atoms with Crippen LogP contribution in [0.15, 0.2) is 59.7 Å². The molecule has 0 radical (unpaired) electrons. The van der Waals surface area contributed by atoms with Crippen molar-refractivity contribution in [1.82, 2.24) is 15.0 Å². The van der Waals surface area contributed by atoms with Crippen LogP contribution in [0.1, 0.15) is 44.7 Å². The number of fused-ring (bicyclic) bond motifs is 1. The molecular weight excluding hydrogens is 334 g/mol. The van der Waals surface area contributed by atoms with Gasteiger partial charge in [0.1, 0.15) is 22.5 Å². The predicted octanol–water partition coefficient (Wildman–Crippen LogP) is 5.67. The number of aromatic hydroxyl groups is 1. The van der Waals surface area contributed by atoms with E-state index in [1.165, 1.54) is 15.9 Å². The Morgan fingerprint density at radius 3 is 2.33 bits per heavy atom. The van der Waals surface area contributed by atoms with Gasteiger partial charge in [0.15, 0.2) is 0 Å². The van der Waals surface area contributed by atoms with E-state index in [0.717, 1.165) is 41.4 Å². The monoisotopic (exact) mass is 361 g/mol. The summed E-state index contributed by atoms with van der Waals surface area (Å²) in [4.78, 5) is 1.54. The van der Waals surface area contributed by atoms with Crippen LogP contribution in [0.25, 0.3) is 16.7 Å². The number of phenols is 1. The summed E-state index contributed by atoms with van der Waals surface area (Å²) in [6.45, 7) is 8.41. The zero-order valence-electron chi connectivity index (χ0n) is 16.5. The lowest BCUT2D eigenvalue weighted by atomic mass is 10.0. The molecule has 0 bridgehead atoms. The average molecular weight is 361 g/mol. The fourth-order valence-corrected chi connectivity index (χ4v) is 3.07. The molecule has 3 aromatic rings. The second-order valence-corrected chi connectivity index (χ2v) is 7.34. The molecule has 0 saturated heterocycles. The van der Waals surface area contributed by atoms with E-state index in [2.05, 4.69) is 43.1 Å². The minimum atomic E-state index is 0.262. The highest BCUT2D eigenvalue weighted by Crippen LogP contribution is 2.29. The Kier molecular flexibility index (Phi) is 5.75. The molecule has 140 valence electrons. The standard InChI is InChI=1S/C23H27N3O/c1-16(2)8-7-9-17(3)12-13-19-14-18(4)15-22(23(19)27)26-24-20-10-5-6-11-21(20)25-26/h5-6,8-11,14-15,27H,7,12-13H2,1-4H3/b17-9+. The first-order valence-electron chi connectivity index (χ1n) is 9.38. The van der Waals surface area contributed by atoms with E-state index >= 15 is 0 Å². The topological polar surface area (TPSA) is 50.9 Å². The summed E-state index contributed by atoms with van der Waals surface area (Å²) in [6.07, 6.45) is 7.14. The number of rotatable bonds is 6. The SMILES string of the molecule is CC(C)=CC/C=C(\C)CCc1cc(C)cc(-n2nc3ccccc3n2)c1O. The van der Waals surface area contributed by atoms with Crippen LogP contribution < -0.4 is 0 Å². The molecule has 1 heterocycles. The zero-order chi connectivity index (χ0) is 19.4.